The lowest BCUT2D eigenvalue weighted by Gasteiger charge is -2.03. The molecule has 0 bridgehead atoms. The van der Waals surface area contributed by atoms with Crippen molar-refractivity contribution in [2.45, 2.75) is 13.5 Å². The van der Waals surface area contributed by atoms with Gasteiger partial charge in [-0.3, -0.25) is 4.79 Å². The maximum atomic E-state index is 12.2. The molecule has 1 aromatic heterocycles. The van der Waals surface area contributed by atoms with Crippen molar-refractivity contribution in [1.29, 1.82) is 0 Å². The van der Waals surface area contributed by atoms with E-state index in [9.17, 15) is 4.79 Å². The van der Waals surface area contributed by atoms with Crippen LogP contribution in [0.4, 0.5) is 0 Å². The summed E-state index contributed by atoms with van der Waals surface area (Å²) in [5, 5.41) is 0.653. The van der Waals surface area contributed by atoms with Gasteiger partial charge in [-0.15, -0.1) is 6.58 Å². The van der Waals surface area contributed by atoms with E-state index in [4.69, 9.17) is 16.3 Å². The fourth-order valence-corrected chi connectivity index (χ4v) is 3.69. The second-order valence-electron chi connectivity index (χ2n) is 5.50. The molecule has 0 aliphatic rings. The number of hydrogen-bond donors (Lipinski definition) is 0. The highest BCUT2D eigenvalue weighted by atomic mass is 35.5. The molecule has 4 nitrogen and oxygen atoms in total. The van der Waals surface area contributed by atoms with E-state index >= 15 is 0 Å². The van der Waals surface area contributed by atoms with Gasteiger partial charge in [-0.05, 0) is 37.3 Å². The van der Waals surface area contributed by atoms with Crippen molar-refractivity contribution in [1.82, 2.24) is 4.57 Å². The van der Waals surface area contributed by atoms with E-state index in [1.165, 1.54) is 11.3 Å². The van der Waals surface area contributed by atoms with Gasteiger partial charge < -0.3 is 9.30 Å². The fourth-order valence-electron chi connectivity index (χ4n) is 2.36. The average molecular weight is 373 g/mol. The van der Waals surface area contributed by atoms with Crippen LogP contribution in [0.2, 0.25) is 5.02 Å². The predicted molar refractivity (Wildman–Crippen MR) is 102 cm³/mol. The van der Waals surface area contributed by atoms with Gasteiger partial charge in [0.25, 0.3) is 5.91 Å². The summed E-state index contributed by atoms with van der Waals surface area (Å²) in [6, 6.07) is 13.2. The Morgan fingerprint density at radius 3 is 2.80 bits per heavy atom. The normalized spacial score (nSPS) is 11.7. The van der Waals surface area contributed by atoms with Crippen LogP contribution in [0, 0.1) is 6.92 Å². The highest BCUT2D eigenvalue weighted by Gasteiger charge is 2.08. The summed E-state index contributed by atoms with van der Waals surface area (Å²) in [6.07, 6.45) is 1.77. The van der Waals surface area contributed by atoms with Crippen LogP contribution in [-0.2, 0) is 11.3 Å². The van der Waals surface area contributed by atoms with E-state index < -0.39 is 0 Å². The minimum absolute atomic E-state index is 0.105. The molecule has 1 amide bonds. The van der Waals surface area contributed by atoms with Gasteiger partial charge in [0.15, 0.2) is 11.4 Å². The molecule has 0 spiro atoms. The minimum atomic E-state index is -0.337. The maximum Gasteiger partial charge on any atom is 0.286 e. The number of benzene rings is 2. The van der Waals surface area contributed by atoms with Gasteiger partial charge >= 0.3 is 0 Å². The molecule has 0 aliphatic heterocycles. The highest BCUT2D eigenvalue weighted by molar-refractivity contribution is 7.16. The van der Waals surface area contributed by atoms with Crippen molar-refractivity contribution in [3.63, 3.8) is 0 Å². The van der Waals surface area contributed by atoms with E-state index in [1.54, 1.807) is 6.08 Å². The van der Waals surface area contributed by atoms with Crippen LogP contribution in [0.1, 0.15) is 5.56 Å². The average Bonchev–Trinajstić information content (AvgIpc) is 2.91. The van der Waals surface area contributed by atoms with Crippen molar-refractivity contribution >= 4 is 39.1 Å². The van der Waals surface area contributed by atoms with Gasteiger partial charge in [0.1, 0.15) is 5.75 Å². The van der Waals surface area contributed by atoms with Crippen molar-refractivity contribution in [2.24, 2.45) is 4.99 Å². The van der Waals surface area contributed by atoms with Crippen molar-refractivity contribution in [2.75, 3.05) is 6.61 Å². The van der Waals surface area contributed by atoms with Gasteiger partial charge in [0, 0.05) is 11.6 Å². The van der Waals surface area contributed by atoms with E-state index in [1.807, 2.05) is 54.0 Å². The Labute approximate surface area is 154 Å². The number of hydrogen-bond acceptors (Lipinski definition) is 3. The molecule has 3 rings (SSSR count). The molecular formula is C19H17ClN2O2S. The Morgan fingerprint density at radius 1 is 1.32 bits per heavy atom. The van der Waals surface area contributed by atoms with E-state index in [-0.39, 0.29) is 12.5 Å². The first-order chi connectivity index (χ1) is 12.1. The lowest BCUT2D eigenvalue weighted by Crippen LogP contribution is -2.19. The third-order valence-corrected chi connectivity index (χ3v) is 4.84. The standard InChI is InChI=1S/C19H17ClN2O2S/c1-3-10-22-16-9-6-14(20)11-17(16)25-19(22)21-18(23)12-24-15-7-4-13(2)5-8-15/h3-9,11H,1,10,12H2,2H3. The third-order valence-electron chi connectivity index (χ3n) is 3.56. The quantitative estimate of drug-likeness (QED) is 0.624. The number of thiazole rings is 1. The van der Waals surface area contributed by atoms with E-state index in [0.29, 0.717) is 22.1 Å². The first-order valence-corrected chi connectivity index (χ1v) is 8.93. The molecule has 2 aromatic carbocycles. The van der Waals surface area contributed by atoms with Crippen LogP contribution >= 0.6 is 22.9 Å². The fraction of sp³-hybridized carbons (Fsp3) is 0.158. The molecule has 128 valence electrons. The van der Waals surface area contributed by atoms with Crippen LogP contribution in [0.15, 0.2) is 60.1 Å². The topological polar surface area (TPSA) is 43.6 Å². The third kappa shape index (κ3) is 4.18. The largest absolute Gasteiger partial charge is 0.484 e. The Balaban J connectivity index is 1.86. The number of amides is 1. The molecule has 0 atom stereocenters. The molecule has 0 saturated carbocycles. The van der Waals surface area contributed by atoms with Gasteiger partial charge in [0.2, 0.25) is 0 Å². The minimum Gasteiger partial charge on any atom is -0.484 e. The maximum absolute atomic E-state index is 12.2. The first kappa shape index (κ1) is 17.5. The smallest absolute Gasteiger partial charge is 0.286 e. The molecule has 1 heterocycles. The molecule has 0 fully saturated rings. The number of aromatic nitrogens is 1. The molecule has 0 aliphatic carbocycles. The van der Waals surface area contributed by atoms with Crippen LogP contribution in [0.25, 0.3) is 10.2 Å². The number of aryl methyl sites for hydroxylation is 1. The lowest BCUT2D eigenvalue weighted by molar-refractivity contribution is -0.120. The summed E-state index contributed by atoms with van der Waals surface area (Å²) in [6.45, 7) is 6.22. The number of nitrogens with zero attached hydrogens (tertiary/aromatic N) is 2. The number of rotatable bonds is 5. The SMILES string of the molecule is C=CCn1c(=NC(=O)COc2ccc(C)cc2)sc2cc(Cl)ccc21. The number of halogens is 1. The molecule has 6 heteroatoms. The molecule has 25 heavy (non-hydrogen) atoms. The summed E-state index contributed by atoms with van der Waals surface area (Å²) in [7, 11) is 0. The second-order valence-corrected chi connectivity index (χ2v) is 6.95. The number of fused-ring (bicyclic) bond motifs is 1. The summed E-state index contributed by atoms with van der Waals surface area (Å²) < 4.78 is 8.41. The summed E-state index contributed by atoms with van der Waals surface area (Å²) in [4.78, 5) is 17.0. The highest BCUT2D eigenvalue weighted by Crippen LogP contribution is 2.22. The van der Waals surface area contributed by atoms with Crippen LogP contribution in [0.3, 0.4) is 0 Å². The van der Waals surface area contributed by atoms with Gasteiger partial charge in [0.05, 0.1) is 10.2 Å². The van der Waals surface area contributed by atoms with E-state index in [0.717, 1.165) is 15.8 Å². The van der Waals surface area contributed by atoms with Crippen LogP contribution in [-0.4, -0.2) is 17.1 Å². The molecule has 0 unspecified atom stereocenters. The Bertz CT molecular complexity index is 987. The van der Waals surface area contributed by atoms with Crippen molar-refractivity contribution in [3.8, 4) is 5.75 Å². The number of ether oxygens (including phenoxy) is 1. The monoisotopic (exact) mass is 372 g/mol. The van der Waals surface area contributed by atoms with Gasteiger partial charge in [-0.25, -0.2) is 0 Å². The lowest BCUT2D eigenvalue weighted by atomic mass is 10.2. The second kappa shape index (κ2) is 7.68. The molecule has 3 aromatic rings. The zero-order chi connectivity index (χ0) is 17.8. The molecule has 0 N–H and O–H groups in total. The molecular weight excluding hydrogens is 356 g/mol. The van der Waals surface area contributed by atoms with Crippen molar-refractivity contribution < 1.29 is 9.53 Å². The van der Waals surface area contributed by atoms with Crippen LogP contribution < -0.4 is 9.54 Å². The zero-order valence-corrected chi connectivity index (χ0v) is 15.3. The zero-order valence-electron chi connectivity index (χ0n) is 13.7. The molecule has 0 radical (unpaired) electrons. The molecule has 0 saturated heterocycles. The number of allylic oxidation sites excluding steroid dienone is 1. The number of carbonyl (C=O) groups is 1. The van der Waals surface area contributed by atoms with E-state index in [2.05, 4.69) is 11.6 Å². The Hall–Kier alpha value is -2.37. The Kier molecular flexibility index (Phi) is 5.36. The first-order valence-electron chi connectivity index (χ1n) is 7.73. The van der Waals surface area contributed by atoms with Gasteiger partial charge in [-0.1, -0.05) is 46.7 Å². The Morgan fingerprint density at radius 2 is 2.08 bits per heavy atom. The summed E-state index contributed by atoms with van der Waals surface area (Å²) in [5.41, 5.74) is 2.11. The summed E-state index contributed by atoms with van der Waals surface area (Å²) in [5.74, 6) is 0.312. The summed E-state index contributed by atoms with van der Waals surface area (Å²) >= 11 is 7.47. The van der Waals surface area contributed by atoms with Crippen LogP contribution in [0.5, 0.6) is 5.75 Å². The van der Waals surface area contributed by atoms with Crippen molar-refractivity contribution in [3.05, 3.63) is 70.5 Å². The predicted octanol–water partition coefficient (Wildman–Crippen LogP) is 4.36. The van der Waals surface area contributed by atoms with Gasteiger partial charge in [-0.2, -0.15) is 4.99 Å². The number of carbonyl (C=O) groups excluding carboxylic acids is 1.